The summed E-state index contributed by atoms with van der Waals surface area (Å²) in [5.74, 6) is 0.790. The van der Waals surface area contributed by atoms with Gasteiger partial charge in [0.15, 0.2) is 5.78 Å². The van der Waals surface area contributed by atoms with Gasteiger partial charge in [-0.2, -0.15) is 0 Å². The summed E-state index contributed by atoms with van der Waals surface area (Å²) in [5.41, 5.74) is 0.818. The maximum Gasteiger partial charge on any atom is 0.166 e. The van der Waals surface area contributed by atoms with Crippen molar-refractivity contribution in [1.82, 2.24) is 0 Å². The van der Waals surface area contributed by atoms with E-state index in [1.165, 1.54) is 0 Å². The summed E-state index contributed by atoms with van der Waals surface area (Å²) in [4.78, 5) is 12.1. The van der Waals surface area contributed by atoms with Gasteiger partial charge in [-0.15, -0.1) is 0 Å². The molecule has 1 aromatic rings. The minimum atomic E-state index is -0.274. The van der Waals surface area contributed by atoms with Crippen molar-refractivity contribution in [3.05, 3.63) is 28.8 Å². The van der Waals surface area contributed by atoms with Gasteiger partial charge in [-0.25, -0.2) is 0 Å². The number of rotatable bonds is 4. The highest BCUT2D eigenvalue weighted by Crippen LogP contribution is 2.26. The second-order valence-corrected chi connectivity index (χ2v) is 5.05. The Labute approximate surface area is 112 Å². The van der Waals surface area contributed by atoms with E-state index in [0.717, 1.165) is 18.4 Å². The van der Waals surface area contributed by atoms with Crippen molar-refractivity contribution in [2.24, 2.45) is 0 Å². The molecule has 0 bridgehead atoms. The Kier molecular flexibility index (Phi) is 4.25. The van der Waals surface area contributed by atoms with E-state index in [0.29, 0.717) is 17.2 Å². The quantitative estimate of drug-likeness (QED) is 0.842. The summed E-state index contributed by atoms with van der Waals surface area (Å²) in [6, 6.07) is 5.31. The maximum absolute atomic E-state index is 12.1. The van der Waals surface area contributed by atoms with Gasteiger partial charge in [-0.3, -0.25) is 4.79 Å². The van der Waals surface area contributed by atoms with Gasteiger partial charge < -0.3 is 9.47 Å². The lowest BCUT2D eigenvalue weighted by Gasteiger charge is -2.12. The zero-order valence-electron chi connectivity index (χ0n) is 10.6. The number of hydrogen-bond acceptors (Lipinski definition) is 3. The summed E-state index contributed by atoms with van der Waals surface area (Å²) < 4.78 is 10.8. The van der Waals surface area contributed by atoms with E-state index in [9.17, 15) is 4.79 Å². The fourth-order valence-electron chi connectivity index (χ4n) is 2.23. The number of methoxy groups -OCH3 is 1. The molecule has 4 heteroatoms. The predicted octanol–water partition coefficient (Wildman–Crippen LogP) is 3.03. The van der Waals surface area contributed by atoms with Crippen LogP contribution in [0.3, 0.4) is 0 Å². The van der Waals surface area contributed by atoms with Crippen LogP contribution in [0.2, 0.25) is 5.02 Å². The van der Waals surface area contributed by atoms with Gasteiger partial charge in [-0.1, -0.05) is 11.6 Å². The van der Waals surface area contributed by atoms with Gasteiger partial charge in [-0.05, 0) is 38.0 Å². The minimum Gasteiger partial charge on any atom is -0.496 e. The average molecular weight is 269 g/mol. The van der Waals surface area contributed by atoms with Gasteiger partial charge in [0, 0.05) is 17.0 Å². The van der Waals surface area contributed by atoms with Crippen molar-refractivity contribution in [3.63, 3.8) is 0 Å². The van der Waals surface area contributed by atoms with Crippen LogP contribution < -0.4 is 4.74 Å². The molecule has 0 amide bonds. The van der Waals surface area contributed by atoms with E-state index in [-0.39, 0.29) is 18.0 Å². The third-order valence-corrected chi connectivity index (χ3v) is 3.43. The van der Waals surface area contributed by atoms with Gasteiger partial charge in [0.2, 0.25) is 0 Å². The Bertz CT molecular complexity index is 445. The molecule has 1 fully saturated rings. The standard InChI is InChI=1S/C14H17ClO3/c1-9-3-5-14(18-9)12(16)8-10-7-11(15)4-6-13(10)17-2/h4,6-7,9,14H,3,5,8H2,1-2H3. The number of halogens is 1. The molecule has 0 N–H and O–H groups in total. The first-order valence-electron chi connectivity index (χ1n) is 6.10. The highest BCUT2D eigenvalue weighted by molar-refractivity contribution is 6.30. The first-order valence-corrected chi connectivity index (χ1v) is 6.48. The lowest BCUT2D eigenvalue weighted by atomic mass is 10.0. The molecule has 2 rings (SSSR count). The molecule has 0 saturated carbocycles. The van der Waals surface area contributed by atoms with Gasteiger partial charge in [0.1, 0.15) is 11.9 Å². The smallest absolute Gasteiger partial charge is 0.166 e. The number of ketones is 1. The van der Waals surface area contributed by atoms with Crippen molar-refractivity contribution in [1.29, 1.82) is 0 Å². The molecule has 0 aromatic heterocycles. The van der Waals surface area contributed by atoms with Crippen LogP contribution in [0.15, 0.2) is 18.2 Å². The molecule has 0 radical (unpaired) electrons. The minimum absolute atomic E-state index is 0.0971. The Morgan fingerprint density at radius 2 is 2.28 bits per heavy atom. The van der Waals surface area contributed by atoms with E-state index in [1.54, 1.807) is 25.3 Å². The Balaban J connectivity index is 2.09. The molecule has 1 aliphatic rings. The SMILES string of the molecule is COc1ccc(Cl)cc1CC(=O)C1CCC(C)O1. The topological polar surface area (TPSA) is 35.5 Å². The van der Waals surface area contributed by atoms with Crippen molar-refractivity contribution >= 4 is 17.4 Å². The molecule has 1 aliphatic heterocycles. The van der Waals surface area contributed by atoms with E-state index in [2.05, 4.69) is 0 Å². The zero-order valence-corrected chi connectivity index (χ0v) is 11.4. The Hall–Kier alpha value is -1.06. The van der Waals surface area contributed by atoms with E-state index in [1.807, 2.05) is 6.92 Å². The third kappa shape index (κ3) is 3.03. The molecule has 3 nitrogen and oxygen atoms in total. The summed E-state index contributed by atoms with van der Waals surface area (Å²) in [6.07, 6.45) is 1.97. The van der Waals surface area contributed by atoms with Crippen LogP contribution >= 0.6 is 11.6 Å². The van der Waals surface area contributed by atoms with Crippen molar-refractivity contribution < 1.29 is 14.3 Å². The van der Waals surface area contributed by atoms with Gasteiger partial charge in [0.05, 0.1) is 13.2 Å². The molecule has 1 aromatic carbocycles. The largest absolute Gasteiger partial charge is 0.496 e. The number of ether oxygens (including phenoxy) is 2. The summed E-state index contributed by atoms with van der Waals surface area (Å²) in [7, 11) is 1.59. The highest BCUT2D eigenvalue weighted by atomic mass is 35.5. The molecule has 2 unspecified atom stereocenters. The number of benzene rings is 1. The fourth-order valence-corrected chi connectivity index (χ4v) is 2.42. The van der Waals surface area contributed by atoms with Crippen molar-refractivity contribution in [3.8, 4) is 5.75 Å². The van der Waals surface area contributed by atoms with E-state index in [4.69, 9.17) is 21.1 Å². The summed E-state index contributed by atoms with van der Waals surface area (Å²) >= 11 is 5.94. The third-order valence-electron chi connectivity index (χ3n) is 3.20. The van der Waals surface area contributed by atoms with E-state index >= 15 is 0 Å². The van der Waals surface area contributed by atoms with Crippen LogP contribution in [0.4, 0.5) is 0 Å². The summed E-state index contributed by atoms with van der Waals surface area (Å²) in [6.45, 7) is 1.99. The first kappa shape index (κ1) is 13.4. The molecule has 18 heavy (non-hydrogen) atoms. The van der Waals surface area contributed by atoms with Gasteiger partial charge >= 0.3 is 0 Å². The van der Waals surface area contributed by atoms with Crippen LogP contribution in [0, 0.1) is 0 Å². The molecule has 1 heterocycles. The normalized spacial score (nSPS) is 23.1. The van der Waals surface area contributed by atoms with Crippen LogP contribution in [-0.4, -0.2) is 25.1 Å². The molecular weight excluding hydrogens is 252 g/mol. The number of carbonyl (C=O) groups excluding carboxylic acids is 1. The van der Waals surface area contributed by atoms with Crippen LogP contribution in [0.25, 0.3) is 0 Å². The second-order valence-electron chi connectivity index (χ2n) is 4.61. The molecule has 0 aliphatic carbocycles. The molecule has 1 saturated heterocycles. The summed E-state index contributed by atoms with van der Waals surface area (Å²) in [5, 5.41) is 0.610. The molecular formula is C14H17ClO3. The molecule has 98 valence electrons. The van der Waals surface area contributed by atoms with Crippen molar-refractivity contribution in [2.75, 3.05) is 7.11 Å². The second kappa shape index (κ2) is 5.72. The first-order chi connectivity index (χ1) is 8.60. The lowest BCUT2D eigenvalue weighted by molar-refractivity contribution is -0.128. The Morgan fingerprint density at radius 1 is 1.50 bits per heavy atom. The van der Waals surface area contributed by atoms with Crippen LogP contribution in [-0.2, 0) is 16.0 Å². The van der Waals surface area contributed by atoms with Crippen LogP contribution in [0.5, 0.6) is 5.75 Å². The zero-order chi connectivity index (χ0) is 13.1. The number of hydrogen-bond donors (Lipinski definition) is 0. The number of Topliss-reactive ketones (excluding diaryl/α,β-unsaturated/α-hetero) is 1. The average Bonchev–Trinajstić information content (AvgIpc) is 2.76. The lowest BCUT2D eigenvalue weighted by Crippen LogP contribution is -2.22. The maximum atomic E-state index is 12.1. The monoisotopic (exact) mass is 268 g/mol. The van der Waals surface area contributed by atoms with Crippen LogP contribution in [0.1, 0.15) is 25.3 Å². The number of carbonyl (C=O) groups is 1. The molecule has 0 spiro atoms. The molecule has 2 atom stereocenters. The highest BCUT2D eigenvalue weighted by Gasteiger charge is 2.28. The van der Waals surface area contributed by atoms with Gasteiger partial charge in [0.25, 0.3) is 0 Å². The Morgan fingerprint density at radius 3 is 2.89 bits per heavy atom. The predicted molar refractivity (Wildman–Crippen MR) is 70.3 cm³/mol. The fraction of sp³-hybridized carbons (Fsp3) is 0.500. The van der Waals surface area contributed by atoms with E-state index < -0.39 is 0 Å². The van der Waals surface area contributed by atoms with Crippen molar-refractivity contribution in [2.45, 2.75) is 38.4 Å².